The van der Waals surface area contributed by atoms with Gasteiger partial charge < -0.3 is 14.4 Å². The maximum Gasteiger partial charge on any atom is 0.337 e. The van der Waals surface area contributed by atoms with Crippen molar-refractivity contribution in [1.82, 2.24) is 19.5 Å². The van der Waals surface area contributed by atoms with Crippen LogP contribution in [0, 0.1) is 0 Å². The number of imidazole rings is 1. The molecule has 3 aromatic rings. The van der Waals surface area contributed by atoms with Gasteiger partial charge >= 0.3 is 5.97 Å². The van der Waals surface area contributed by atoms with Crippen molar-refractivity contribution >= 4 is 11.6 Å². The molecule has 3 heterocycles. The normalized spacial score (nSPS) is 17.1. The van der Waals surface area contributed by atoms with E-state index in [0.29, 0.717) is 24.1 Å². The summed E-state index contributed by atoms with van der Waals surface area (Å²) in [5, 5.41) is 4.59. The van der Waals surface area contributed by atoms with Gasteiger partial charge in [0.1, 0.15) is 0 Å². The van der Waals surface area contributed by atoms with E-state index in [-0.39, 0.29) is 5.97 Å². The zero-order valence-electron chi connectivity index (χ0n) is 16.2. The molecule has 1 aromatic carbocycles. The fourth-order valence-electron chi connectivity index (χ4n) is 3.70. The molecular formula is C21H24N4O3. The number of ether oxygens (including phenoxy) is 2. The molecule has 1 saturated heterocycles. The minimum atomic E-state index is -0.371. The van der Waals surface area contributed by atoms with Gasteiger partial charge in [0.15, 0.2) is 5.65 Å². The molecule has 0 bridgehead atoms. The Morgan fingerprint density at radius 1 is 1.29 bits per heavy atom. The molecule has 0 spiro atoms. The number of fused-ring (bicyclic) bond motifs is 1. The number of rotatable bonds is 6. The van der Waals surface area contributed by atoms with Crippen LogP contribution in [-0.4, -0.2) is 58.8 Å². The summed E-state index contributed by atoms with van der Waals surface area (Å²) in [6.45, 7) is 1.80. The number of methoxy groups -OCH3 is 1. The highest BCUT2D eigenvalue weighted by molar-refractivity contribution is 5.90. The first kappa shape index (κ1) is 18.4. The monoisotopic (exact) mass is 380 g/mol. The molecule has 1 aliphatic heterocycles. The van der Waals surface area contributed by atoms with Crippen LogP contribution in [0.3, 0.4) is 0 Å². The quantitative estimate of drug-likeness (QED) is 0.612. The summed E-state index contributed by atoms with van der Waals surface area (Å²) in [5.74, 6) is 0.195. The van der Waals surface area contributed by atoms with Crippen molar-refractivity contribution in [3.8, 4) is 17.1 Å². The van der Waals surface area contributed by atoms with E-state index in [9.17, 15) is 4.79 Å². The Kier molecular flexibility index (Phi) is 5.25. The summed E-state index contributed by atoms with van der Waals surface area (Å²) in [6.07, 6.45) is 5.23. The van der Waals surface area contributed by atoms with Crippen LogP contribution < -0.4 is 4.74 Å². The van der Waals surface area contributed by atoms with E-state index in [4.69, 9.17) is 9.47 Å². The van der Waals surface area contributed by atoms with Crippen molar-refractivity contribution in [2.75, 3.05) is 27.3 Å². The molecule has 4 rings (SSSR count). The predicted molar refractivity (Wildman–Crippen MR) is 106 cm³/mol. The lowest BCUT2D eigenvalue weighted by molar-refractivity contribution is 0.0601. The fourth-order valence-corrected chi connectivity index (χ4v) is 3.70. The number of carbonyl (C=O) groups excluding carboxylic acids is 1. The highest BCUT2D eigenvalue weighted by Crippen LogP contribution is 2.23. The van der Waals surface area contributed by atoms with Gasteiger partial charge in [-0.25, -0.2) is 14.3 Å². The van der Waals surface area contributed by atoms with Crippen molar-refractivity contribution < 1.29 is 14.3 Å². The van der Waals surface area contributed by atoms with Crippen LogP contribution in [0.2, 0.25) is 0 Å². The zero-order chi connectivity index (χ0) is 19.5. The third-order valence-electron chi connectivity index (χ3n) is 5.29. The van der Waals surface area contributed by atoms with Gasteiger partial charge in [-0.1, -0.05) is 12.1 Å². The summed E-state index contributed by atoms with van der Waals surface area (Å²) >= 11 is 0. The topological polar surface area (TPSA) is 69.0 Å². The molecule has 1 fully saturated rings. The Balaban J connectivity index is 1.54. The average Bonchev–Trinajstić information content (AvgIpc) is 3.33. The van der Waals surface area contributed by atoms with Gasteiger partial charge in [0.2, 0.25) is 5.88 Å². The van der Waals surface area contributed by atoms with E-state index in [1.54, 1.807) is 22.8 Å². The lowest BCUT2D eigenvalue weighted by Gasteiger charge is -2.19. The number of carbonyl (C=O) groups is 1. The van der Waals surface area contributed by atoms with Gasteiger partial charge in [0.25, 0.3) is 0 Å². The van der Waals surface area contributed by atoms with Crippen LogP contribution in [0.4, 0.5) is 0 Å². The van der Waals surface area contributed by atoms with Gasteiger partial charge in [0.05, 0.1) is 31.2 Å². The molecule has 0 aliphatic carbocycles. The van der Waals surface area contributed by atoms with E-state index in [1.807, 2.05) is 24.3 Å². The predicted octanol–water partition coefficient (Wildman–Crippen LogP) is 3.05. The van der Waals surface area contributed by atoms with Gasteiger partial charge in [-0.2, -0.15) is 0 Å². The second kappa shape index (κ2) is 7.98. The van der Waals surface area contributed by atoms with Crippen molar-refractivity contribution in [3.63, 3.8) is 0 Å². The fraction of sp³-hybridized carbons (Fsp3) is 0.381. The number of aromatic nitrogens is 3. The zero-order valence-corrected chi connectivity index (χ0v) is 16.2. The molecule has 1 aliphatic rings. The minimum Gasteiger partial charge on any atom is -0.477 e. The molecule has 0 saturated carbocycles. The van der Waals surface area contributed by atoms with Crippen LogP contribution in [0.25, 0.3) is 16.9 Å². The molecule has 7 heteroatoms. The Labute approximate surface area is 163 Å². The molecule has 7 nitrogen and oxygen atoms in total. The molecule has 1 atom stereocenters. The van der Waals surface area contributed by atoms with Crippen molar-refractivity contribution in [3.05, 3.63) is 48.2 Å². The van der Waals surface area contributed by atoms with E-state index in [0.717, 1.165) is 29.9 Å². The Bertz CT molecular complexity index is 985. The number of likely N-dealkylation sites (tertiary alicyclic amines) is 1. The van der Waals surface area contributed by atoms with Crippen molar-refractivity contribution in [2.45, 2.75) is 25.3 Å². The van der Waals surface area contributed by atoms with E-state index >= 15 is 0 Å². The Hall–Kier alpha value is -2.93. The molecule has 0 amide bonds. The van der Waals surface area contributed by atoms with Crippen molar-refractivity contribution in [2.24, 2.45) is 0 Å². The highest BCUT2D eigenvalue weighted by atomic mass is 16.5. The molecule has 0 N–H and O–H groups in total. The summed E-state index contributed by atoms with van der Waals surface area (Å²) in [5.41, 5.74) is 2.85. The molecule has 2 aromatic heterocycles. The first-order valence-corrected chi connectivity index (χ1v) is 9.52. The van der Waals surface area contributed by atoms with Crippen LogP contribution in [0.1, 0.15) is 29.6 Å². The van der Waals surface area contributed by atoms with Gasteiger partial charge in [-0.05, 0) is 51.1 Å². The summed E-state index contributed by atoms with van der Waals surface area (Å²) in [6, 6.07) is 11.6. The number of hydrogen-bond acceptors (Lipinski definition) is 6. The lowest BCUT2D eigenvalue weighted by atomic mass is 10.1. The third kappa shape index (κ3) is 3.71. The van der Waals surface area contributed by atoms with E-state index in [2.05, 4.69) is 22.0 Å². The highest BCUT2D eigenvalue weighted by Gasteiger charge is 2.20. The van der Waals surface area contributed by atoms with Crippen LogP contribution >= 0.6 is 0 Å². The first-order chi connectivity index (χ1) is 13.7. The van der Waals surface area contributed by atoms with Gasteiger partial charge in [-0.15, -0.1) is 5.10 Å². The second-order valence-corrected chi connectivity index (χ2v) is 7.07. The summed E-state index contributed by atoms with van der Waals surface area (Å²) < 4.78 is 12.5. The number of esters is 1. The lowest BCUT2D eigenvalue weighted by Crippen LogP contribution is -2.26. The molecule has 28 heavy (non-hydrogen) atoms. The largest absolute Gasteiger partial charge is 0.477 e. The molecular weight excluding hydrogens is 356 g/mol. The third-order valence-corrected chi connectivity index (χ3v) is 5.29. The molecule has 146 valence electrons. The van der Waals surface area contributed by atoms with Gasteiger partial charge in [-0.3, -0.25) is 0 Å². The number of benzene rings is 1. The second-order valence-electron chi connectivity index (χ2n) is 7.07. The molecule has 0 radical (unpaired) electrons. The summed E-state index contributed by atoms with van der Waals surface area (Å²) in [4.78, 5) is 18.6. The average molecular weight is 380 g/mol. The van der Waals surface area contributed by atoms with Gasteiger partial charge in [0, 0.05) is 17.7 Å². The summed E-state index contributed by atoms with van der Waals surface area (Å²) in [7, 11) is 3.54. The molecule has 1 unspecified atom stereocenters. The van der Waals surface area contributed by atoms with E-state index in [1.165, 1.54) is 20.0 Å². The maximum absolute atomic E-state index is 11.8. The number of hydrogen-bond donors (Lipinski definition) is 0. The standard InChI is InChI=1S/C21H24N4O3/c1-24-11-4-7-17(24)10-12-28-20-9-8-19-22-14-18(25(19)23-20)15-5-3-6-16(13-15)21(26)27-2/h3,5-6,8-9,13-14,17H,4,7,10-12H2,1-2H3. The maximum atomic E-state index is 11.8. The Morgan fingerprint density at radius 2 is 2.18 bits per heavy atom. The Morgan fingerprint density at radius 3 is 2.96 bits per heavy atom. The van der Waals surface area contributed by atoms with E-state index < -0.39 is 0 Å². The SMILES string of the molecule is COC(=O)c1cccc(-c2cnc3ccc(OCCC4CCCN4C)nn23)c1. The van der Waals surface area contributed by atoms with Crippen molar-refractivity contribution in [1.29, 1.82) is 0 Å². The number of nitrogens with zero attached hydrogens (tertiary/aromatic N) is 4. The first-order valence-electron chi connectivity index (χ1n) is 9.52. The van der Waals surface area contributed by atoms with Crippen LogP contribution in [0.15, 0.2) is 42.6 Å². The minimum absolute atomic E-state index is 0.371. The van der Waals surface area contributed by atoms with Crippen LogP contribution in [-0.2, 0) is 4.74 Å². The van der Waals surface area contributed by atoms with Crippen LogP contribution in [0.5, 0.6) is 5.88 Å². The smallest absolute Gasteiger partial charge is 0.337 e.